The van der Waals surface area contributed by atoms with E-state index in [-0.39, 0.29) is 22.2 Å². The van der Waals surface area contributed by atoms with Crippen LogP contribution < -0.4 is 13.8 Å². The van der Waals surface area contributed by atoms with Gasteiger partial charge in [0.1, 0.15) is 4.90 Å². The molecule has 9 heteroatoms. The first-order valence-electron chi connectivity index (χ1n) is 14.6. The Balaban J connectivity index is 1.36. The fraction of sp³-hybridized carbons (Fsp3) is 0.394. The van der Waals surface area contributed by atoms with E-state index < -0.39 is 10.1 Å². The van der Waals surface area contributed by atoms with Crippen LogP contribution in [0.4, 0.5) is 5.69 Å². The van der Waals surface area contributed by atoms with Gasteiger partial charge in [-0.05, 0) is 75.9 Å². The molecular weight excluding hydrogens is 548 g/mol. The molecule has 1 saturated carbocycles. The summed E-state index contributed by atoms with van der Waals surface area (Å²) in [7, 11) is 0.0206. The van der Waals surface area contributed by atoms with Gasteiger partial charge in [0, 0.05) is 35.1 Å². The molecule has 0 amide bonds. The number of anilines is 1. The molecule has 1 aromatic heterocycles. The average molecular weight is 587 g/mol. The van der Waals surface area contributed by atoms with Gasteiger partial charge in [0.15, 0.2) is 0 Å². The topological polar surface area (TPSA) is 84.9 Å². The van der Waals surface area contributed by atoms with Crippen LogP contribution in [0.1, 0.15) is 42.1 Å². The standard InChI is InChI=1S/C33H38N4O4S/c1-5-24-8-6-9-25-10-7-11-29(30(24)25)37-19-16-27-28(20-37)34-32(40-22-33(17-18-33)21-36(3)4)35-31(27)41-42(38,39)26-14-12-23(2)13-15-26/h6-15H,5,16-22H2,1-4H3. The third-order valence-corrected chi connectivity index (χ3v) is 9.54. The maximum Gasteiger partial charge on any atom is 0.340 e. The van der Waals surface area contributed by atoms with Crippen molar-refractivity contribution in [3.63, 3.8) is 0 Å². The summed E-state index contributed by atoms with van der Waals surface area (Å²) >= 11 is 0. The van der Waals surface area contributed by atoms with Crippen molar-refractivity contribution >= 4 is 26.6 Å². The van der Waals surface area contributed by atoms with Gasteiger partial charge in [0.2, 0.25) is 5.88 Å². The van der Waals surface area contributed by atoms with Crippen LogP contribution in [0.5, 0.6) is 11.9 Å². The molecule has 8 nitrogen and oxygen atoms in total. The fourth-order valence-corrected chi connectivity index (χ4v) is 6.85. The third-order valence-electron chi connectivity index (χ3n) is 8.31. The molecule has 2 aliphatic rings. The lowest BCUT2D eigenvalue weighted by atomic mass is 9.98. The van der Waals surface area contributed by atoms with Crippen molar-refractivity contribution in [2.24, 2.45) is 5.41 Å². The van der Waals surface area contributed by atoms with E-state index in [1.807, 2.05) is 6.92 Å². The second-order valence-electron chi connectivity index (χ2n) is 11.9. The van der Waals surface area contributed by atoms with E-state index in [1.165, 1.54) is 16.3 Å². The minimum absolute atomic E-state index is 0.0554. The Morgan fingerprint density at radius 1 is 1.00 bits per heavy atom. The number of hydrogen-bond acceptors (Lipinski definition) is 8. The molecule has 4 aromatic rings. The third kappa shape index (κ3) is 5.80. The van der Waals surface area contributed by atoms with Crippen molar-refractivity contribution < 1.29 is 17.3 Å². The molecule has 0 N–H and O–H groups in total. The van der Waals surface area contributed by atoms with Crippen molar-refractivity contribution in [3.05, 3.63) is 83.0 Å². The minimum Gasteiger partial charge on any atom is -0.463 e. The molecule has 0 radical (unpaired) electrons. The van der Waals surface area contributed by atoms with E-state index >= 15 is 0 Å². The number of rotatable bonds is 10. The van der Waals surface area contributed by atoms with Crippen molar-refractivity contribution in [1.82, 2.24) is 14.9 Å². The van der Waals surface area contributed by atoms with E-state index in [4.69, 9.17) is 13.9 Å². The van der Waals surface area contributed by atoms with E-state index in [0.29, 0.717) is 31.7 Å². The highest BCUT2D eigenvalue weighted by molar-refractivity contribution is 7.87. The van der Waals surface area contributed by atoms with Crippen molar-refractivity contribution in [2.75, 3.05) is 38.7 Å². The molecule has 0 bridgehead atoms. The summed E-state index contributed by atoms with van der Waals surface area (Å²) in [5.74, 6) is 0.0554. The van der Waals surface area contributed by atoms with Crippen molar-refractivity contribution in [3.8, 4) is 11.9 Å². The Labute approximate surface area is 248 Å². The predicted molar refractivity (Wildman–Crippen MR) is 165 cm³/mol. The quantitative estimate of drug-likeness (QED) is 0.224. The Morgan fingerprint density at radius 3 is 2.43 bits per heavy atom. The highest BCUT2D eigenvalue weighted by Crippen LogP contribution is 2.46. The molecule has 0 spiro atoms. The zero-order valence-corrected chi connectivity index (χ0v) is 25.6. The lowest BCUT2D eigenvalue weighted by Gasteiger charge is -2.32. The van der Waals surface area contributed by atoms with Crippen LogP contribution >= 0.6 is 0 Å². The first kappa shape index (κ1) is 28.4. The largest absolute Gasteiger partial charge is 0.463 e. The van der Waals surface area contributed by atoms with Gasteiger partial charge in [-0.1, -0.05) is 55.0 Å². The SMILES string of the molecule is CCc1cccc2cccc(N3CCc4c(nc(OCC5(CN(C)C)CC5)nc4OS(=O)(=O)c4ccc(C)cc4)C3)c12. The molecule has 3 aromatic carbocycles. The molecule has 6 rings (SSSR count). The Morgan fingerprint density at radius 2 is 1.74 bits per heavy atom. The second kappa shape index (κ2) is 11.2. The Hall–Kier alpha value is -3.69. The van der Waals surface area contributed by atoms with Gasteiger partial charge in [0.25, 0.3) is 0 Å². The van der Waals surface area contributed by atoms with Crippen LogP contribution in [0.2, 0.25) is 0 Å². The molecule has 42 heavy (non-hydrogen) atoms. The first-order chi connectivity index (χ1) is 20.2. The van der Waals surface area contributed by atoms with Crippen LogP contribution in [0, 0.1) is 12.3 Å². The average Bonchev–Trinajstić information content (AvgIpc) is 3.73. The molecular formula is C33H38N4O4S. The van der Waals surface area contributed by atoms with Crippen LogP contribution in [0.25, 0.3) is 10.8 Å². The fourth-order valence-electron chi connectivity index (χ4n) is 5.94. The van der Waals surface area contributed by atoms with Crippen LogP contribution in [-0.4, -0.2) is 57.1 Å². The number of nitrogens with zero attached hydrogens (tertiary/aromatic N) is 4. The summed E-state index contributed by atoms with van der Waals surface area (Å²) in [4.78, 5) is 13.9. The van der Waals surface area contributed by atoms with Crippen LogP contribution in [0.15, 0.2) is 65.6 Å². The predicted octanol–water partition coefficient (Wildman–Crippen LogP) is 5.55. The zero-order valence-electron chi connectivity index (χ0n) is 24.8. The summed E-state index contributed by atoms with van der Waals surface area (Å²) in [5.41, 5.74) is 4.92. The summed E-state index contributed by atoms with van der Waals surface area (Å²) in [6, 6.07) is 19.6. The maximum absolute atomic E-state index is 13.3. The summed E-state index contributed by atoms with van der Waals surface area (Å²) in [6.07, 6.45) is 3.64. The van der Waals surface area contributed by atoms with Gasteiger partial charge in [0.05, 0.1) is 18.8 Å². The van der Waals surface area contributed by atoms with Gasteiger partial charge in [-0.15, -0.1) is 0 Å². The van der Waals surface area contributed by atoms with Crippen molar-refractivity contribution in [1.29, 1.82) is 0 Å². The van der Waals surface area contributed by atoms with Crippen LogP contribution in [-0.2, 0) is 29.5 Å². The lowest BCUT2D eigenvalue weighted by molar-refractivity contribution is 0.181. The molecule has 1 aliphatic carbocycles. The van der Waals surface area contributed by atoms with E-state index in [0.717, 1.165) is 42.8 Å². The molecule has 0 atom stereocenters. The van der Waals surface area contributed by atoms with Crippen molar-refractivity contribution in [2.45, 2.75) is 51.0 Å². The van der Waals surface area contributed by atoms with Crippen LogP contribution in [0.3, 0.4) is 0 Å². The number of fused-ring (bicyclic) bond motifs is 2. The minimum atomic E-state index is -4.10. The molecule has 0 saturated heterocycles. The van der Waals surface area contributed by atoms with Gasteiger partial charge >= 0.3 is 16.1 Å². The maximum atomic E-state index is 13.3. The summed E-state index contributed by atoms with van der Waals surface area (Å²) in [5, 5.41) is 2.45. The Kier molecular flexibility index (Phi) is 7.57. The molecule has 220 valence electrons. The van der Waals surface area contributed by atoms with E-state index in [1.54, 1.807) is 24.3 Å². The van der Waals surface area contributed by atoms with E-state index in [2.05, 4.69) is 72.2 Å². The Bertz CT molecular complexity index is 1710. The monoisotopic (exact) mass is 586 g/mol. The number of aromatic nitrogens is 2. The van der Waals surface area contributed by atoms with E-state index in [9.17, 15) is 8.42 Å². The summed E-state index contributed by atoms with van der Waals surface area (Å²) < 4.78 is 38.6. The first-order valence-corrected chi connectivity index (χ1v) is 16.0. The highest BCUT2D eigenvalue weighted by atomic mass is 32.2. The summed E-state index contributed by atoms with van der Waals surface area (Å²) in [6.45, 7) is 6.65. The number of aryl methyl sites for hydroxylation is 2. The molecule has 1 fully saturated rings. The smallest absolute Gasteiger partial charge is 0.340 e. The molecule has 2 heterocycles. The second-order valence-corrected chi connectivity index (χ2v) is 13.5. The van der Waals surface area contributed by atoms with Gasteiger partial charge in [-0.25, -0.2) is 0 Å². The number of hydrogen-bond donors (Lipinski definition) is 0. The van der Waals surface area contributed by atoms with Gasteiger partial charge in [-0.2, -0.15) is 18.4 Å². The van der Waals surface area contributed by atoms with Gasteiger partial charge < -0.3 is 18.7 Å². The normalized spacial score (nSPS) is 16.0. The molecule has 0 unspecified atom stereocenters. The molecule has 1 aliphatic heterocycles. The number of benzene rings is 3. The highest BCUT2D eigenvalue weighted by Gasteiger charge is 2.44. The zero-order chi connectivity index (χ0) is 29.5. The number of ether oxygens (including phenoxy) is 1. The van der Waals surface area contributed by atoms with Gasteiger partial charge in [-0.3, -0.25) is 0 Å². The lowest BCUT2D eigenvalue weighted by Crippen LogP contribution is -2.32.